The first kappa shape index (κ1) is 24.7. The van der Waals surface area contributed by atoms with Gasteiger partial charge in [-0.05, 0) is 72.6 Å². The van der Waals surface area contributed by atoms with E-state index >= 15 is 0 Å². The highest BCUT2D eigenvalue weighted by molar-refractivity contribution is 6.74. The summed E-state index contributed by atoms with van der Waals surface area (Å²) in [6, 6.07) is 12.8. The van der Waals surface area contributed by atoms with Crippen molar-refractivity contribution >= 4 is 42.0 Å². The number of rotatable bonds is 7. The van der Waals surface area contributed by atoms with Gasteiger partial charge in [-0.1, -0.05) is 32.9 Å². The van der Waals surface area contributed by atoms with Crippen molar-refractivity contribution in [2.45, 2.75) is 71.3 Å². The van der Waals surface area contributed by atoms with E-state index in [4.69, 9.17) is 14.4 Å². The van der Waals surface area contributed by atoms with E-state index in [1.54, 1.807) is 6.20 Å². The number of benzene rings is 1. The second-order valence-corrected chi connectivity index (χ2v) is 16.2. The van der Waals surface area contributed by atoms with Gasteiger partial charge in [-0.25, -0.2) is 15.0 Å². The Morgan fingerprint density at radius 3 is 2.61 bits per heavy atom. The van der Waals surface area contributed by atoms with Crippen molar-refractivity contribution in [3.8, 4) is 0 Å². The van der Waals surface area contributed by atoms with Crippen molar-refractivity contribution < 1.29 is 4.43 Å². The minimum Gasteiger partial charge on any atom is -0.411 e. The smallest absolute Gasteiger partial charge is 0.192 e. The SMILES string of the molecule is CC(C)(C)[Si](C)(C)OCc1cc2ccc(CNc3cnc4ccc(N5CCCCC5)nc4n3)cc2[nH]1. The Labute approximate surface area is 214 Å². The molecular weight excluding hydrogens is 464 g/mol. The lowest BCUT2D eigenvalue weighted by Gasteiger charge is -2.36. The molecule has 4 aromatic rings. The Morgan fingerprint density at radius 1 is 1.03 bits per heavy atom. The number of nitrogens with zero attached hydrogens (tertiary/aromatic N) is 4. The zero-order chi connectivity index (χ0) is 25.3. The van der Waals surface area contributed by atoms with E-state index < -0.39 is 8.32 Å². The molecule has 0 aliphatic carbocycles. The lowest BCUT2D eigenvalue weighted by molar-refractivity contribution is 0.273. The van der Waals surface area contributed by atoms with E-state index in [0.717, 1.165) is 41.5 Å². The maximum absolute atomic E-state index is 6.40. The maximum atomic E-state index is 6.40. The van der Waals surface area contributed by atoms with Crippen LogP contribution in [0.4, 0.5) is 11.6 Å². The molecule has 0 spiro atoms. The molecule has 1 fully saturated rings. The van der Waals surface area contributed by atoms with Gasteiger partial charge in [0.15, 0.2) is 14.0 Å². The van der Waals surface area contributed by atoms with Crippen LogP contribution in [0.15, 0.2) is 42.6 Å². The fourth-order valence-corrected chi connectivity index (χ4v) is 5.31. The van der Waals surface area contributed by atoms with Gasteiger partial charge in [0.25, 0.3) is 0 Å². The molecule has 2 N–H and O–H groups in total. The van der Waals surface area contributed by atoms with E-state index in [0.29, 0.717) is 18.8 Å². The molecule has 7 nitrogen and oxygen atoms in total. The quantitative estimate of drug-likeness (QED) is 0.276. The number of piperidine rings is 1. The molecule has 4 heterocycles. The molecule has 36 heavy (non-hydrogen) atoms. The van der Waals surface area contributed by atoms with Crippen LogP contribution in [0.2, 0.25) is 18.1 Å². The van der Waals surface area contributed by atoms with Crippen molar-refractivity contribution in [2.24, 2.45) is 0 Å². The summed E-state index contributed by atoms with van der Waals surface area (Å²) in [5.41, 5.74) is 4.94. The van der Waals surface area contributed by atoms with Gasteiger partial charge in [0.2, 0.25) is 0 Å². The third-order valence-corrected chi connectivity index (χ3v) is 12.2. The number of H-pyrrole nitrogens is 1. The van der Waals surface area contributed by atoms with Crippen LogP contribution < -0.4 is 10.2 Å². The zero-order valence-electron chi connectivity index (χ0n) is 22.2. The van der Waals surface area contributed by atoms with E-state index in [9.17, 15) is 0 Å². The first-order chi connectivity index (χ1) is 17.2. The highest BCUT2D eigenvalue weighted by Gasteiger charge is 2.37. The van der Waals surface area contributed by atoms with Gasteiger partial charge >= 0.3 is 0 Å². The first-order valence-corrected chi connectivity index (χ1v) is 16.0. The fraction of sp³-hybridized carbons (Fsp3) is 0.464. The van der Waals surface area contributed by atoms with E-state index in [1.807, 2.05) is 6.07 Å². The van der Waals surface area contributed by atoms with Crippen molar-refractivity contribution in [3.63, 3.8) is 0 Å². The van der Waals surface area contributed by atoms with Crippen LogP contribution in [0.25, 0.3) is 22.1 Å². The summed E-state index contributed by atoms with van der Waals surface area (Å²) in [4.78, 5) is 20.0. The average Bonchev–Trinajstić information content (AvgIpc) is 3.28. The topological polar surface area (TPSA) is 79.0 Å². The average molecular weight is 503 g/mol. The second kappa shape index (κ2) is 9.82. The maximum Gasteiger partial charge on any atom is 0.192 e. The lowest BCUT2D eigenvalue weighted by Crippen LogP contribution is -2.40. The molecule has 1 aromatic carbocycles. The predicted octanol–water partition coefficient (Wildman–Crippen LogP) is 6.63. The van der Waals surface area contributed by atoms with Gasteiger partial charge in [-0.15, -0.1) is 0 Å². The molecule has 1 aliphatic heterocycles. The molecular formula is C28H38N6OSi. The molecule has 5 rings (SSSR count). The van der Waals surface area contributed by atoms with Crippen LogP contribution >= 0.6 is 0 Å². The number of hydrogen-bond acceptors (Lipinski definition) is 6. The summed E-state index contributed by atoms with van der Waals surface area (Å²) in [5, 5.41) is 4.83. The Balaban J connectivity index is 1.26. The Morgan fingerprint density at radius 2 is 1.83 bits per heavy atom. The van der Waals surface area contributed by atoms with Crippen LogP contribution in [-0.2, 0) is 17.6 Å². The Bertz CT molecular complexity index is 1350. The van der Waals surface area contributed by atoms with Crippen molar-refractivity contribution in [2.75, 3.05) is 23.3 Å². The number of nitrogens with one attached hydrogen (secondary N) is 2. The largest absolute Gasteiger partial charge is 0.411 e. The molecule has 0 atom stereocenters. The lowest BCUT2D eigenvalue weighted by atomic mass is 10.1. The molecule has 0 radical (unpaired) electrons. The molecule has 0 unspecified atom stereocenters. The van der Waals surface area contributed by atoms with Crippen LogP contribution in [0.3, 0.4) is 0 Å². The number of anilines is 2. The highest BCUT2D eigenvalue weighted by atomic mass is 28.4. The number of aromatic amines is 1. The van der Waals surface area contributed by atoms with Crippen molar-refractivity contribution in [3.05, 3.63) is 53.9 Å². The summed E-state index contributed by atoms with van der Waals surface area (Å²) in [6.07, 6.45) is 5.54. The summed E-state index contributed by atoms with van der Waals surface area (Å²) in [7, 11) is -1.78. The summed E-state index contributed by atoms with van der Waals surface area (Å²) in [6.45, 7) is 14.8. The first-order valence-electron chi connectivity index (χ1n) is 13.1. The molecule has 190 valence electrons. The van der Waals surface area contributed by atoms with Crippen LogP contribution in [0.5, 0.6) is 0 Å². The highest BCUT2D eigenvalue weighted by Crippen LogP contribution is 2.37. The van der Waals surface area contributed by atoms with Crippen molar-refractivity contribution in [1.29, 1.82) is 0 Å². The second-order valence-electron chi connectivity index (χ2n) is 11.4. The third kappa shape index (κ3) is 5.39. The monoisotopic (exact) mass is 502 g/mol. The summed E-state index contributed by atoms with van der Waals surface area (Å²) < 4.78 is 6.40. The van der Waals surface area contributed by atoms with Gasteiger partial charge in [-0.2, -0.15) is 0 Å². The normalized spacial score (nSPS) is 15.1. The van der Waals surface area contributed by atoms with Crippen LogP contribution in [0, 0.1) is 0 Å². The minimum absolute atomic E-state index is 0.203. The molecule has 1 saturated heterocycles. The molecule has 8 heteroatoms. The molecule has 0 amide bonds. The van der Waals surface area contributed by atoms with Gasteiger partial charge in [0.1, 0.15) is 17.2 Å². The van der Waals surface area contributed by atoms with Gasteiger partial charge in [0, 0.05) is 30.8 Å². The van der Waals surface area contributed by atoms with E-state index in [2.05, 4.69) is 84.4 Å². The zero-order valence-corrected chi connectivity index (χ0v) is 23.2. The molecule has 3 aromatic heterocycles. The molecule has 0 saturated carbocycles. The Hall–Kier alpha value is -2.97. The minimum atomic E-state index is -1.78. The summed E-state index contributed by atoms with van der Waals surface area (Å²) in [5.74, 6) is 1.74. The van der Waals surface area contributed by atoms with Crippen LogP contribution in [-0.4, -0.2) is 41.3 Å². The fourth-order valence-electron chi connectivity index (χ4n) is 4.36. The van der Waals surface area contributed by atoms with E-state index in [1.165, 1.54) is 30.2 Å². The van der Waals surface area contributed by atoms with E-state index in [-0.39, 0.29) is 5.04 Å². The van der Waals surface area contributed by atoms with Crippen molar-refractivity contribution in [1.82, 2.24) is 19.9 Å². The number of hydrogen-bond donors (Lipinski definition) is 2. The summed E-state index contributed by atoms with van der Waals surface area (Å²) >= 11 is 0. The number of pyridine rings is 1. The van der Waals surface area contributed by atoms with Gasteiger partial charge in [0.05, 0.1) is 12.8 Å². The Kier molecular flexibility index (Phi) is 6.74. The van der Waals surface area contributed by atoms with Gasteiger partial charge in [-0.3, -0.25) is 0 Å². The number of fused-ring (bicyclic) bond motifs is 2. The molecule has 1 aliphatic rings. The number of aromatic nitrogens is 4. The standard InChI is InChI=1S/C28H38N6OSi/c1-28(2,3)36(4,5)35-19-22-16-21-10-9-20(15-24(21)31-22)17-30-25-18-29-23-11-12-26(33-27(23)32-25)34-13-7-6-8-14-34/h9-12,15-16,18,31H,6-8,13-14,17,19H2,1-5H3,(H,30,32,33). The molecule has 0 bridgehead atoms. The third-order valence-electron chi connectivity index (χ3n) is 7.68. The van der Waals surface area contributed by atoms with Crippen LogP contribution in [0.1, 0.15) is 51.3 Å². The predicted molar refractivity (Wildman–Crippen MR) is 151 cm³/mol. The van der Waals surface area contributed by atoms with Gasteiger partial charge < -0.3 is 19.6 Å².